The number of carbonyl (C=O) groups excluding carboxylic acids is 3. The Morgan fingerprint density at radius 3 is 2.34 bits per heavy atom. The summed E-state index contributed by atoms with van der Waals surface area (Å²) in [6, 6.07) is 18.1. The van der Waals surface area contributed by atoms with Crippen molar-refractivity contribution in [3.05, 3.63) is 71.8 Å². The van der Waals surface area contributed by atoms with Gasteiger partial charge in [-0.25, -0.2) is 4.79 Å². The third-order valence-electron chi connectivity index (χ3n) is 5.33. The summed E-state index contributed by atoms with van der Waals surface area (Å²) in [5, 5.41) is 5.85. The van der Waals surface area contributed by atoms with Crippen molar-refractivity contribution in [1.29, 1.82) is 0 Å². The van der Waals surface area contributed by atoms with Gasteiger partial charge in [0.25, 0.3) is 0 Å². The summed E-state index contributed by atoms with van der Waals surface area (Å²) in [6.07, 6.45) is 2.53. The molecule has 1 aliphatic heterocycles. The summed E-state index contributed by atoms with van der Waals surface area (Å²) in [6.45, 7) is 0. The van der Waals surface area contributed by atoms with Crippen LogP contribution in [0.1, 0.15) is 42.9 Å². The van der Waals surface area contributed by atoms with Crippen LogP contribution in [0.2, 0.25) is 0 Å². The fourth-order valence-electron chi connectivity index (χ4n) is 3.80. The van der Waals surface area contributed by atoms with Gasteiger partial charge in [0.1, 0.15) is 0 Å². The van der Waals surface area contributed by atoms with Gasteiger partial charge in [-0.1, -0.05) is 60.7 Å². The molecule has 0 saturated carbocycles. The number of methoxy groups -OCH3 is 1. The van der Waals surface area contributed by atoms with Crippen LogP contribution < -0.4 is 10.6 Å². The monoisotopic (exact) mass is 394 g/mol. The highest BCUT2D eigenvalue weighted by molar-refractivity contribution is 5.85. The van der Waals surface area contributed by atoms with Gasteiger partial charge in [-0.2, -0.15) is 0 Å². The first-order chi connectivity index (χ1) is 14.0. The Kier molecular flexibility index (Phi) is 6.65. The number of ether oxygens (including phenoxy) is 1. The van der Waals surface area contributed by atoms with E-state index in [0.717, 1.165) is 5.56 Å². The van der Waals surface area contributed by atoms with Gasteiger partial charge in [0.05, 0.1) is 7.11 Å². The van der Waals surface area contributed by atoms with E-state index in [-0.39, 0.29) is 18.2 Å². The van der Waals surface area contributed by atoms with Gasteiger partial charge in [0, 0.05) is 18.4 Å². The SMILES string of the molecule is COC(=O)[C@@H](NC(=O)CCC1(Cc2ccccc2)CCC(=O)N1)c1ccccc1. The molecule has 2 aromatic rings. The molecule has 2 atom stereocenters. The highest BCUT2D eigenvalue weighted by Crippen LogP contribution is 2.29. The Morgan fingerprint density at radius 1 is 1.10 bits per heavy atom. The molecule has 1 aliphatic rings. The standard InChI is InChI=1S/C23H26N2O4/c1-29-22(28)21(18-10-6-3-7-11-18)24-19(26)12-14-23(15-13-20(27)25-23)16-17-8-4-2-5-9-17/h2-11,21H,12-16H2,1H3,(H,24,26)(H,25,27)/t21-,23?/m0/s1. The van der Waals surface area contributed by atoms with Crippen molar-refractivity contribution in [2.75, 3.05) is 7.11 Å². The number of nitrogens with one attached hydrogen (secondary N) is 2. The lowest BCUT2D eigenvalue weighted by Gasteiger charge is -2.29. The Morgan fingerprint density at radius 2 is 1.76 bits per heavy atom. The molecule has 6 nitrogen and oxygen atoms in total. The Balaban J connectivity index is 1.66. The number of rotatable bonds is 8. The summed E-state index contributed by atoms with van der Waals surface area (Å²) in [5.74, 6) is -0.756. The molecule has 0 spiro atoms. The Labute approximate surface area is 170 Å². The van der Waals surface area contributed by atoms with Crippen LogP contribution in [0.5, 0.6) is 0 Å². The molecule has 0 radical (unpaired) electrons. The van der Waals surface area contributed by atoms with E-state index in [4.69, 9.17) is 4.74 Å². The lowest BCUT2D eigenvalue weighted by atomic mass is 9.85. The minimum atomic E-state index is -0.850. The minimum absolute atomic E-state index is 0.0121. The van der Waals surface area contributed by atoms with Gasteiger partial charge in [0.2, 0.25) is 11.8 Å². The van der Waals surface area contributed by atoms with Crippen molar-refractivity contribution in [2.24, 2.45) is 0 Å². The van der Waals surface area contributed by atoms with Crippen molar-refractivity contribution in [3.8, 4) is 0 Å². The molecule has 3 rings (SSSR count). The van der Waals surface area contributed by atoms with Gasteiger partial charge in [-0.05, 0) is 30.4 Å². The molecule has 0 aliphatic carbocycles. The maximum atomic E-state index is 12.6. The van der Waals surface area contributed by atoms with Gasteiger partial charge < -0.3 is 15.4 Å². The van der Waals surface area contributed by atoms with Crippen LogP contribution in [0.25, 0.3) is 0 Å². The molecule has 6 heteroatoms. The van der Waals surface area contributed by atoms with Gasteiger partial charge in [-0.15, -0.1) is 0 Å². The van der Waals surface area contributed by atoms with Crippen LogP contribution in [0.4, 0.5) is 0 Å². The van der Waals surface area contributed by atoms with Crippen molar-refractivity contribution in [3.63, 3.8) is 0 Å². The first-order valence-corrected chi connectivity index (χ1v) is 9.78. The number of hydrogen-bond acceptors (Lipinski definition) is 4. The van der Waals surface area contributed by atoms with E-state index in [1.54, 1.807) is 24.3 Å². The first kappa shape index (κ1) is 20.6. The maximum Gasteiger partial charge on any atom is 0.333 e. The number of hydrogen-bond donors (Lipinski definition) is 2. The molecule has 29 heavy (non-hydrogen) atoms. The molecule has 1 saturated heterocycles. The van der Waals surface area contributed by atoms with Crippen LogP contribution >= 0.6 is 0 Å². The van der Waals surface area contributed by atoms with Gasteiger partial charge >= 0.3 is 5.97 Å². The van der Waals surface area contributed by atoms with E-state index >= 15 is 0 Å². The van der Waals surface area contributed by atoms with Crippen LogP contribution in [0.3, 0.4) is 0 Å². The summed E-state index contributed by atoms with van der Waals surface area (Å²) < 4.78 is 4.85. The topological polar surface area (TPSA) is 84.5 Å². The normalized spacial score (nSPS) is 19.3. The lowest BCUT2D eigenvalue weighted by molar-refractivity contribution is -0.145. The van der Waals surface area contributed by atoms with E-state index in [1.165, 1.54) is 7.11 Å². The Bertz CT molecular complexity index is 854. The zero-order valence-electron chi connectivity index (χ0n) is 16.5. The molecule has 2 N–H and O–H groups in total. The zero-order chi connectivity index (χ0) is 20.7. The van der Waals surface area contributed by atoms with E-state index in [0.29, 0.717) is 31.2 Å². The second kappa shape index (κ2) is 9.37. The molecule has 2 aromatic carbocycles. The fourth-order valence-corrected chi connectivity index (χ4v) is 3.80. The average Bonchev–Trinajstić information content (AvgIpc) is 3.12. The summed E-state index contributed by atoms with van der Waals surface area (Å²) in [7, 11) is 1.30. The second-order valence-corrected chi connectivity index (χ2v) is 7.43. The smallest absolute Gasteiger partial charge is 0.333 e. The van der Waals surface area contributed by atoms with Crippen LogP contribution in [0.15, 0.2) is 60.7 Å². The third-order valence-corrected chi connectivity index (χ3v) is 5.33. The molecule has 1 unspecified atom stereocenters. The highest BCUT2D eigenvalue weighted by Gasteiger charge is 2.38. The van der Waals surface area contributed by atoms with E-state index in [1.807, 2.05) is 36.4 Å². The van der Waals surface area contributed by atoms with E-state index in [9.17, 15) is 14.4 Å². The van der Waals surface area contributed by atoms with Gasteiger partial charge in [0.15, 0.2) is 6.04 Å². The zero-order valence-corrected chi connectivity index (χ0v) is 16.5. The molecular formula is C23H26N2O4. The van der Waals surface area contributed by atoms with Crippen molar-refractivity contribution < 1.29 is 19.1 Å². The summed E-state index contributed by atoms with van der Waals surface area (Å²) in [4.78, 5) is 36.7. The predicted molar refractivity (Wildman–Crippen MR) is 109 cm³/mol. The number of amides is 2. The van der Waals surface area contributed by atoms with E-state index in [2.05, 4.69) is 10.6 Å². The fraction of sp³-hybridized carbons (Fsp3) is 0.348. The van der Waals surface area contributed by atoms with Crippen LogP contribution in [0, 0.1) is 0 Å². The molecule has 0 aromatic heterocycles. The van der Waals surface area contributed by atoms with Gasteiger partial charge in [-0.3, -0.25) is 9.59 Å². The molecule has 1 heterocycles. The summed E-state index contributed by atoms with van der Waals surface area (Å²) in [5.41, 5.74) is 1.34. The largest absolute Gasteiger partial charge is 0.467 e. The minimum Gasteiger partial charge on any atom is -0.467 e. The average molecular weight is 394 g/mol. The highest BCUT2D eigenvalue weighted by atomic mass is 16.5. The van der Waals surface area contributed by atoms with Crippen molar-refractivity contribution in [2.45, 2.75) is 43.7 Å². The second-order valence-electron chi connectivity index (χ2n) is 7.43. The predicted octanol–water partition coefficient (Wildman–Crippen LogP) is 2.69. The number of carbonyl (C=O) groups is 3. The third kappa shape index (κ3) is 5.44. The molecule has 1 fully saturated rings. The number of benzene rings is 2. The van der Waals surface area contributed by atoms with Crippen molar-refractivity contribution in [1.82, 2.24) is 10.6 Å². The summed E-state index contributed by atoms with van der Waals surface area (Å²) >= 11 is 0. The molecule has 2 amide bonds. The first-order valence-electron chi connectivity index (χ1n) is 9.78. The lowest BCUT2D eigenvalue weighted by Crippen LogP contribution is -2.45. The maximum absolute atomic E-state index is 12.6. The van der Waals surface area contributed by atoms with Crippen LogP contribution in [-0.4, -0.2) is 30.4 Å². The molecule has 152 valence electrons. The number of esters is 1. The Hall–Kier alpha value is -3.15. The van der Waals surface area contributed by atoms with Crippen molar-refractivity contribution >= 4 is 17.8 Å². The van der Waals surface area contributed by atoms with E-state index < -0.39 is 17.6 Å². The molecule has 0 bridgehead atoms. The van der Waals surface area contributed by atoms with Crippen LogP contribution in [-0.2, 0) is 25.5 Å². The molecular weight excluding hydrogens is 368 g/mol. The quantitative estimate of drug-likeness (QED) is 0.674.